The lowest BCUT2D eigenvalue weighted by molar-refractivity contribution is 0.417. The number of benzene rings is 2. The van der Waals surface area contributed by atoms with Crippen molar-refractivity contribution >= 4 is 11.0 Å². The van der Waals surface area contributed by atoms with Gasteiger partial charge >= 0.3 is 0 Å². The van der Waals surface area contributed by atoms with Gasteiger partial charge in [0.2, 0.25) is 0 Å². The summed E-state index contributed by atoms with van der Waals surface area (Å²) in [6.07, 6.45) is 3.60. The predicted octanol–water partition coefficient (Wildman–Crippen LogP) is 4.57. The van der Waals surface area contributed by atoms with E-state index in [4.69, 9.17) is 15.1 Å². The first-order valence-electron chi connectivity index (χ1n) is 9.70. The highest BCUT2D eigenvalue weighted by Gasteiger charge is 2.22. The van der Waals surface area contributed by atoms with Crippen molar-refractivity contribution in [1.29, 1.82) is 5.26 Å². The molecule has 0 aliphatic carbocycles. The van der Waals surface area contributed by atoms with E-state index in [0.717, 1.165) is 39.1 Å². The number of methoxy groups -OCH3 is 1. The van der Waals surface area contributed by atoms with Gasteiger partial charge in [0.1, 0.15) is 11.4 Å². The van der Waals surface area contributed by atoms with Gasteiger partial charge in [0.05, 0.1) is 29.8 Å². The fraction of sp³-hybridized carbons (Fsp3) is 0.0833. The molecule has 7 nitrogen and oxygen atoms in total. The number of aryl methyl sites for hydroxylation is 1. The first kappa shape index (κ1) is 18.6. The van der Waals surface area contributed by atoms with Crippen molar-refractivity contribution in [2.24, 2.45) is 7.05 Å². The molecule has 0 fully saturated rings. The third kappa shape index (κ3) is 3.20. The first-order chi connectivity index (χ1) is 15.2. The second-order valence-electron chi connectivity index (χ2n) is 7.10. The highest BCUT2D eigenvalue weighted by Crippen LogP contribution is 2.38. The number of pyridine rings is 1. The Morgan fingerprint density at radius 1 is 1.03 bits per heavy atom. The number of aromatic amines is 1. The van der Waals surface area contributed by atoms with Crippen molar-refractivity contribution in [2.75, 3.05) is 7.11 Å². The van der Waals surface area contributed by atoms with E-state index in [1.54, 1.807) is 30.1 Å². The summed E-state index contributed by atoms with van der Waals surface area (Å²) in [4.78, 5) is 12.1. The average Bonchev–Trinajstić information content (AvgIpc) is 3.39. The SMILES string of the molecule is COc1c(-c2ccc(-c3cccnc3)cc2)nn(C)c1-c1nc2ccc(C#N)cc2[nH]1. The molecule has 1 N–H and O–H groups in total. The van der Waals surface area contributed by atoms with Crippen LogP contribution >= 0.6 is 0 Å². The second-order valence-corrected chi connectivity index (χ2v) is 7.10. The molecular formula is C24H18N6O. The third-order valence-electron chi connectivity index (χ3n) is 5.20. The molecule has 0 radical (unpaired) electrons. The van der Waals surface area contributed by atoms with Crippen LogP contribution in [-0.4, -0.2) is 31.8 Å². The Kier molecular flexibility index (Phi) is 4.45. The van der Waals surface area contributed by atoms with Crippen LogP contribution in [0.4, 0.5) is 0 Å². The van der Waals surface area contributed by atoms with E-state index in [2.05, 4.69) is 21.0 Å². The Bertz CT molecular complexity index is 1430. The van der Waals surface area contributed by atoms with Gasteiger partial charge in [-0.25, -0.2) is 4.98 Å². The fourth-order valence-corrected chi connectivity index (χ4v) is 3.69. The summed E-state index contributed by atoms with van der Waals surface area (Å²) in [7, 11) is 3.49. The van der Waals surface area contributed by atoms with E-state index in [0.29, 0.717) is 17.1 Å². The van der Waals surface area contributed by atoms with E-state index < -0.39 is 0 Å². The van der Waals surface area contributed by atoms with Crippen LogP contribution in [0.2, 0.25) is 0 Å². The Hall–Kier alpha value is -4.44. The molecule has 0 saturated heterocycles. The Balaban J connectivity index is 1.58. The molecule has 3 aromatic heterocycles. The summed E-state index contributed by atoms with van der Waals surface area (Å²) in [6.45, 7) is 0. The molecule has 5 rings (SSSR count). The molecule has 0 amide bonds. The Morgan fingerprint density at radius 2 is 1.84 bits per heavy atom. The van der Waals surface area contributed by atoms with Crippen molar-refractivity contribution in [1.82, 2.24) is 24.7 Å². The standard InChI is InChI=1S/C24H18N6O/c1-30-22(24-27-19-10-5-15(13-25)12-20(19)28-24)23(31-2)21(29-30)17-8-6-16(7-9-17)18-4-3-11-26-14-18/h3-12,14H,1-2H3,(H,27,28). The maximum atomic E-state index is 9.15. The minimum absolute atomic E-state index is 0.578. The number of fused-ring (bicyclic) bond motifs is 1. The van der Waals surface area contributed by atoms with Crippen LogP contribution < -0.4 is 4.74 Å². The molecule has 3 heterocycles. The second kappa shape index (κ2) is 7.43. The number of H-pyrrole nitrogens is 1. The lowest BCUT2D eigenvalue weighted by Crippen LogP contribution is -1.96. The highest BCUT2D eigenvalue weighted by molar-refractivity contribution is 5.84. The summed E-state index contributed by atoms with van der Waals surface area (Å²) in [5.74, 6) is 1.27. The van der Waals surface area contributed by atoms with Gasteiger partial charge in [-0.2, -0.15) is 10.4 Å². The van der Waals surface area contributed by atoms with Crippen LogP contribution in [0, 0.1) is 11.3 Å². The predicted molar refractivity (Wildman–Crippen MR) is 118 cm³/mol. The van der Waals surface area contributed by atoms with Gasteiger partial charge in [-0.15, -0.1) is 0 Å². The van der Waals surface area contributed by atoms with E-state index in [1.807, 2.05) is 55.7 Å². The van der Waals surface area contributed by atoms with Crippen LogP contribution in [0.25, 0.3) is 44.9 Å². The number of aromatic nitrogens is 5. The smallest absolute Gasteiger partial charge is 0.175 e. The van der Waals surface area contributed by atoms with Gasteiger partial charge in [0.15, 0.2) is 11.6 Å². The zero-order valence-electron chi connectivity index (χ0n) is 17.0. The molecule has 31 heavy (non-hydrogen) atoms. The summed E-state index contributed by atoms with van der Waals surface area (Å²) in [6, 6.07) is 19.6. The van der Waals surface area contributed by atoms with Gasteiger partial charge in [0.25, 0.3) is 0 Å². The van der Waals surface area contributed by atoms with Crippen LogP contribution in [0.15, 0.2) is 67.0 Å². The van der Waals surface area contributed by atoms with Crippen molar-refractivity contribution in [2.45, 2.75) is 0 Å². The number of ether oxygens (including phenoxy) is 1. The molecule has 5 aromatic rings. The zero-order chi connectivity index (χ0) is 21.4. The molecule has 0 atom stereocenters. The van der Waals surface area contributed by atoms with Crippen LogP contribution in [0.1, 0.15) is 5.56 Å². The number of nitriles is 1. The molecular weight excluding hydrogens is 388 g/mol. The van der Waals surface area contributed by atoms with Gasteiger partial charge in [0, 0.05) is 25.0 Å². The van der Waals surface area contributed by atoms with E-state index in [-0.39, 0.29) is 0 Å². The topological polar surface area (TPSA) is 92.4 Å². The lowest BCUT2D eigenvalue weighted by Gasteiger charge is -2.05. The molecule has 0 spiro atoms. The molecule has 0 unspecified atom stereocenters. The molecule has 0 aliphatic heterocycles. The number of nitrogens with one attached hydrogen (secondary N) is 1. The van der Waals surface area contributed by atoms with E-state index >= 15 is 0 Å². The highest BCUT2D eigenvalue weighted by atomic mass is 16.5. The quantitative estimate of drug-likeness (QED) is 0.472. The van der Waals surface area contributed by atoms with Gasteiger partial charge in [-0.1, -0.05) is 30.3 Å². The summed E-state index contributed by atoms with van der Waals surface area (Å²) in [5, 5.41) is 13.8. The van der Waals surface area contributed by atoms with Crippen molar-refractivity contribution < 1.29 is 4.74 Å². The van der Waals surface area contributed by atoms with Crippen LogP contribution in [-0.2, 0) is 7.05 Å². The Labute approximate surface area is 178 Å². The molecule has 150 valence electrons. The summed E-state index contributed by atoms with van der Waals surface area (Å²) in [5.41, 5.74) is 6.70. The van der Waals surface area contributed by atoms with Crippen molar-refractivity contribution in [3.63, 3.8) is 0 Å². The van der Waals surface area contributed by atoms with E-state index in [1.165, 1.54) is 0 Å². The maximum absolute atomic E-state index is 9.15. The normalized spacial score (nSPS) is 10.9. The summed E-state index contributed by atoms with van der Waals surface area (Å²) < 4.78 is 7.51. The minimum Gasteiger partial charge on any atom is -0.492 e. The van der Waals surface area contributed by atoms with Crippen molar-refractivity contribution in [3.05, 3.63) is 72.6 Å². The molecule has 0 bridgehead atoms. The fourth-order valence-electron chi connectivity index (χ4n) is 3.69. The molecule has 0 saturated carbocycles. The monoisotopic (exact) mass is 406 g/mol. The third-order valence-corrected chi connectivity index (χ3v) is 5.20. The number of hydrogen-bond acceptors (Lipinski definition) is 5. The molecule has 7 heteroatoms. The van der Waals surface area contributed by atoms with Gasteiger partial charge < -0.3 is 9.72 Å². The van der Waals surface area contributed by atoms with Crippen molar-refractivity contribution in [3.8, 4) is 45.7 Å². The Morgan fingerprint density at radius 3 is 2.55 bits per heavy atom. The molecule has 2 aromatic carbocycles. The summed E-state index contributed by atoms with van der Waals surface area (Å²) >= 11 is 0. The largest absolute Gasteiger partial charge is 0.492 e. The number of imidazole rings is 1. The van der Waals surface area contributed by atoms with Crippen LogP contribution in [0.5, 0.6) is 5.75 Å². The number of nitrogens with zero attached hydrogens (tertiary/aromatic N) is 5. The number of hydrogen-bond donors (Lipinski definition) is 1. The zero-order valence-corrected chi connectivity index (χ0v) is 17.0. The number of rotatable bonds is 4. The van der Waals surface area contributed by atoms with Crippen LogP contribution in [0.3, 0.4) is 0 Å². The minimum atomic E-state index is 0.578. The van der Waals surface area contributed by atoms with Gasteiger partial charge in [-0.05, 0) is 35.4 Å². The lowest BCUT2D eigenvalue weighted by atomic mass is 10.0. The first-order valence-corrected chi connectivity index (χ1v) is 9.70. The average molecular weight is 406 g/mol. The molecule has 0 aliphatic rings. The maximum Gasteiger partial charge on any atom is 0.175 e. The van der Waals surface area contributed by atoms with Gasteiger partial charge in [-0.3, -0.25) is 9.67 Å². The van der Waals surface area contributed by atoms with E-state index in [9.17, 15) is 0 Å².